The lowest BCUT2D eigenvalue weighted by atomic mass is 9.87. The number of halogens is 1. The first-order valence-electron chi connectivity index (χ1n) is 16.1. The molecule has 5 rings (SSSR count). The van der Waals surface area contributed by atoms with Crippen molar-refractivity contribution in [3.8, 4) is 0 Å². The van der Waals surface area contributed by atoms with Gasteiger partial charge in [-0.15, -0.1) is 0 Å². The molecule has 0 spiro atoms. The Morgan fingerprint density at radius 1 is 0.622 bits per heavy atom. The zero-order chi connectivity index (χ0) is 32.3. The van der Waals surface area contributed by atoms with Crippen molar-refractivity contribution in [2.24, 2.45) is 0 Å². The number of anilines is 3. The third kappa shape index (κ3) is 7.78. The quantitative estimate of drug-likeness (QED) is 0.158. The fourth-order valence-corrected chi connectivity index (χ4v) is 6.02. The van der Waals surface area contributed by atoms with E-state index >= 15 is 0 Å². The van der Waals surface area contributed by atoms with Crippen LogP contribution in [0.25, 0.3) is 11.6 Å². The summed E-state index contributed by atoms with van der Waals surface area (Å²) in [5, 5.41) is 0.730. The molecule has 0 aliphatic rings. The van der Waals surface area contributed by atoms with Gasteiger partial charge < -0.3 is 4.90 Å². The van der Waals surface area contributed by atoms with Crippen LogP contribution in [0.15, 0.2) is 115 Å². The second-order valence-electron chi connectivity index (χ2n) is 13.8. The maximum atomic E-state index is 6.64. The van der Waals surface area contributed by atoms with Gasteiger partial charge in [0.05, 0.1) is 0 Å². The monoisotopic (exact) mass is 611 g/mol. The molecule has 0 saturated carbocycles. The van der Waals surface area contributed by atoms with Crippen LogP contribution in [0.2, 0.25) is 5.02 Å². The molecule has 0 radical (unpaired) electrons. The van der Waals surface area contributed by atoms with Crippen LogP contribution < -0.4 is 4.90 Å². The molecule has 2 heteroatoms. The Bertz CT molecular complexity index is 1750. The van der Waals surface area contributed by atoms with Crippen LogP contribution in [0.1, 0.15) is 99.2 Å². The minimum absolute atomic E-state index is 0.0775. The molecule has 0 aliphatic heterocycles. The first-order chi connectivity index (χ1) is 21.4. The third-order valence-electron chi connectivity index (χ3n) is 8.49. The normalized spacial score (nSPS) is 12.2. The SMILES string of the molecule is Cc1cc(Cl)cc(N(c2ccc(C(C)(C)C)cc2)c2cccc(/C(=C/c3ccc(C(C)C)cc3)c3ccc(C(C)C)cc3)c2)c1. The highest BCUT2D eigenvalue weighted by atomic mass is 35.5. The van der Waals surface area contributed by atoms with Crippen LogP contribution in [0, 0.1) is 6.92 Å². The van der Waals surface area contributed by atoms with Crippen LogP contribution in [0.3, 0.4) is 0 Å². The van der Waals surface area contributed by atoms with Crippen LogP contribution in [-0.2, 0) is 5.41 Å². The lowest BCUT2D eigenvalue weighted by molar-refractivity contribution is 0.590. The van der Waals surface area contributed by atoms with Crippen LogP contribution >= 0.6 is 11.6 Å². The van der Waals surface area contributed by atoms with E-state index in [0.29, 0.717) is 11.8 Å². The molecule has 45 heavy (non-hydrogen) atoms. The van der Waals surface area contributed by atoms with Crippen molar-refractivity contribution in [3.05, 3.63) is 159 Å². The molecule has 0 atom stereocenters. The van der Waals surface area contributed by atoms with Crippen molar-refractivity contribution in [3.63, 3.8) is 0 Å². The second kappa shape index (κ2) is 13.5. The number of benzene rings is 5. The molecule has 0 unspecified atom stereocenters. The fourth-order valence-electron chi connectivity index (χ4n) is 5.74. The summed E-state index contributed by atoms with van der Waals surface area (Å²) in [6, 6.07) is 42.1. The summed E-state index contributed by atoms with van der Waals surface area (Å²) < 4.78 is 0. The average molecular weight is 612 g/mol. The van der Waals surface area contributed by atoms with Gasteiger partial charge in [-0.2, -0.15) is 0 Å². The minimum atomic E-state index is 0.0775. The predicted molar refractivity (Wildman–Crippen MR) is 198 cm³/mol. The Balaban J connectivity index is 1.66. The molecule has 0 N–H and O–H groups in total. The van der Waals surface area contributed by atoms with Gasteiger partial charge in [-0.05, 0) is 117 Å². The Morgan fingerprint density at radius 2 is 1.22 bits per heavy atom. The van der Waals surface area contributed by atoms with Crippen molar-refractivity contribution in [1.82, 2.24) is 0 Å². The Morgan fingerprint density at radius 3 is 1.78 bits per heavy atom. The maximum Gasteiger partial charge on any atom is 0.0479 e. The number of aryl methyl sites for hydroxylation is 1. The van der Waals surface area contributed by atoms with E-state index in [1.807, 2.05) is 6.07 Å². The van der Waals surface area contributed by atoms with Gasteiger partial charge in [0.25, 0.3) is 0 Å². The molecule has 0 bridgehead atoms. The molecule has 230 valence electrons. The van der Waals surface area contributed by atoms with E-state index in [9.17, 15) is 0 Å². The van der Waals surface area contributed by atoms with Crippen molar-refractivity contribution >= 4 is 40.3 Å². The van der Waals surface area contributed by atoms with E-state index in [1.165, 1.54) is 33.4 Å². The molecular weight excluding hydrogens is 566 g/mol. The van der Waals surface area contributed by atoms with E-state index < -0.39 is 0 Å². The summed E-state index contributed by atoms with van der Waals surface area (Å²) in [5.74, 6) is 0.985. The summed E-state index contributed by atoms with van der Waals surface area (Å²) in [7, 11) is 0. The van der Waals surface area contributed by atoms with Crippen molar-refractivity contribution in [1.29, 1.82) is 0 Å². The largest absolute Gasteiger partial charge is 0.310 e. The van der Waals surface area contributed by atoms with Crippen LogP contribution in [0.5, 0.6) is 0 Å². The fraction of sp³-hybridized carbons (Fsp3) is 0.256. The summed E-state index contributed by atoms with van der Waals surface area (Å²) in [4.78, 5) is 2.31. The lowest BCUT2D eigenvalue weighted by Crippen LogP contribution is -2.13. The molecule has 0 saturated heterocycles. The van der Waals surface area contributed by atoms with Gasteiger partial charge in [-0.25, -0.2) is 0 Å². The maximum absolute atomic E-state index is 6.64. The van der Waals surface area contributed by atoms with Gasteiger partial charge in [0.15, 0.2) is 0 Å². The zero-order valence-corrected chi connectivity index (χ0v) is 28.8. The van der Waals surface area contributed by atoms with Crippen LogP contribution in [0.4, 0.5) is 17.1 Å². The van der Waals surface area contributed by atoms with Gasteiger partial charge in [0.1, 0.15) is 0 Å². The molecule has 0 aromatic heterocycles. The van der Waals surface area contributed by atoms with Gasteiger partial charge in [0, 0.05) is 22.1 Å². The van der Waals surface area contributed by atoms with Crippen molar-refractivity contribution in [2.45, 2.75) is 72.6 Å². The molecule has 5 aromatic carbocycles. The molecular formula is C43H46ClN. The number of hydrogen-bond donors (Lipinski definition) is 0. The summed E-state index contributed by atoms with van der Waals surface area (Å²) in [5.41, 5.74) is 13.2. The summed E-state index contributed by atoms with van der Waals surface area (Å²) in [6.07, 6.45) is 2.32. The van der Waals surface area contributed by atoms with E-state index in [1.54, 1.807) is 0 Å². The molecule has 0 amide bonds. The third-order valence-corrected chi connectivity index (χ3v) is 8.71. The molecule has 1 nitrogen and oxygen atoms in total. The van der Waals surface area contributed by atoms with Crippen molar-refractivity contribution < 1.29 is 0 Å². The zero-order valence-electron chi connectivity index (χ0n) is 28.0. The predicted octanol–water partition coefficient (Wildman–Crippen LogP) is 13.3. The smallest absolute Gasteiger partial charge is 0.0479 e. The van der Waals surface area contributed by atoms with Gasteiger partial charge >= 0.3 is 0 Å². The topological polar surface area (TPSA) is 3.24 Å². The highest BCUT2D eigenvalue weighted by Crippen LogP contribution is 2.39. The Labute approximate surface area is 276 Å². The van der Waals surface area contributed by atoms with Gasteiger partial charge in [-0.1, -0.05) is 133 Å². The molecule has 0 fully saturated rings. The number of hydrogen-bond acceptors (Lipinski definition) is 1. The van der Waals surface area contributed by atoms with E-state index in [4.69, 9.17) is 11.6 Å². The molecule has 5 aromatic rings. The van der Waals surface area contributed by atoms with Gasteiger partial charge in [0.2, 0.25) is 0 Å². The standard InChI is InChI=1S/C43H46ClN/c1-29(2)33-14-12-32(13-15-33)26-42(35-18-16-34(17-19-35)30(3)4)36-10-9-11-40(27-36)45(41-25-31(5)24-38(44)28-41)39-22-20-37(21-23-39)43(6,7)8/h9-30H,1-8H3/b42-26+. The summed E-state index contributed by atoms with van der Waals surface area (Å²) >= 11 is 6.64. The Hall–Kier alpha value is -4.07. The van der Waals surface area contributed by atoms with Crippen LogP contribution in [-0.4, -0.2) is 0 Å². The van der Waals surface area contributed by atoms with E-state index in [2.05, 4.69) is 176 Å². The minimum Gasteiger partial charge on any atom is -0.310 e. The first kappa shape index (κ1) is 32.3. The first-order valence-corrected chi connectivity index (χ1v) is 16.5. The van der Waals surface area contributed by atoms with E-state index in [-0.39, 0.29) is 5.41 Å². The highest BCUT2D eigenvalue weighted by Gasteiger charge is 2.18. The summed E-state index contributed by atoms with van der Waals surface area (Å²) in [6.45, 7) is 17.8. The molecule has 0 aliphatic carbocycles. The van der Waals surface area contributed by atoms with Gasteiger partial charge in [-0.3, -0.25) is 0 Å². The Kier molecular flexibility index (Phi) is 9.70. The molecule has 0 heterocycles. The van der Waals surface area contributed by atoms with E-state index in [0.717, 1.165) is 33.2 Å². The lowest BCUT2D eigenvalue weighted by Gasteiger charge is -2.28. The number of rotatable bonds is 8. The second-order valence-corrected chi connectivity index (χ2v) is 14.3. The number of nitrogens with zero attached hydrogens (tertiary/aromatic N) is 1. The van der Waals surface area contributed by atoms with Crippen molar-refractivity contribution in [2.75, 3.05) is 4.90 Å². The average Bonchev–Trinajstić information content (AvgIpc) is 3.00. The highest BCUT2D eigenvalue weighted by molar-refractivity contribution is 6.31.